The van der Waals surface area contributed by atoms with E-state index in [1.54, 1.807) is 25.7 Å². The maximum Gasteiger partial charge on any atom is 0.332 e. The lowest BCUT2D eigenvalue weighted by atomic mass is 10.2. The highest BCUT2D eigenvalue weighted by Crippen LogP contribution is 2.24. The number of halogens is 1. The second kappa shape index (κ2) is 9.19. The van der Waals surface area contributed by atoms with Crippen LogP contribution in [0.1, 0.15) is 32.3 Å². The first-order valence-electron chi connectivity index (χ1n) is 9.58. The Morgan fingerprint density at radius 2 is 1.90 bits per heavy atom. The Hall–Kier alpha value is -2.03. The topological polar surface area (TPSA) is 82.1 Å². The van der Waals surface area contributed by atoms with Crippen molar-refractivity contribution in [3.63, 3.8) is 0 Å². The normalized spacial score (nSPS) is 12.6. The van der Waals surface area contributed by atoms with Crippen LogP contribution in [0.25, 0.3) is 11.2 Å². The molecular formula is C20H25ClN4O3S. The molecule has 0 spiro atoms. The number of rotatable bonds is 8. The molecule has 3 aromatic rings. The molecule has 1 atom stereocenters. The lowest BCUT2D eigenvalue weighted by Gasteiger charge is -2.12. The van der Waals surface area contributed by atoms with E-state index in [1.807, 2.05) is 28.8 Å². The van der Waals surface area contributed by atoms with Gasteiger partial charge < -0.3 is 9.67 Å². The van der Waals surface area contributed by atoms with E-state index in [9.17, 15) is 14.7 Å². The molecule has 0 radical (unpaired) electrons. The SMILES string of the molecule is CCCSc1nc2c(c(=O)n(CCC(C)O)c(=O)n2C)n1Cc1ccc(Cl)cc1. The standard InChI is InChI=1S/C20H25ClN4O3S/c1-4-11-29-19-22-17-16(25(19)12-14-5-7-15(21)8-6-14)18(27)24(10-9-13(2)26)20(28)23(17)3/h5-8,13,26H,4,9-12H2,1-3H3. The molecule has 0 aliphatic heterocycles. The molecule has 2 heterocycles. The Bertz CT molecular complexity index is 1120. The summed E-state index contributed by atoms with van der Waals surface area (Å²) in [6.45, 7) is 4.32. The van der Waals surface area contributed by atoms with Gasteiger partial charge in [-0.2, -0.15) is 0 Å². The highest BCUT2D eigenvalue weighted by atomic mass is 35.5. The number of aliphatic hydroxyl groups excluding tert-OH is 1. The fourth-order valence-electron chi connectivity index (χ4n) is 3.09. The molecule has 156 valence electrons. The molecule has 0 aliphatic rings. The molecule has 1 unspecified atom stereocenters. The van der Waals surface area contributed by atoms with Crippen molar-refractivity contribution in [2.75, 3.05) is 5.75 Å². The summed E-state index contributed by atoms with van der Waals surface area (Å²) in [7, 11) is 1.62. The zero-order chi connectivity index (χ0) is 21.1. The number of hydrogen-bond acceptors (Lipinski definition) is 5. The minimum atomic E-state index is -0.600. The first-order valence-corrected chi connectivity index (χ1v) is 10.9. The van der Waals surface area contributed by atoms with Crippen LogP contribution in [-0.2, 0) is 20.1 Å². The number of fused-ring (bicyclic) bond motifs is 1. The van der Waals surface area contributed by atoms with Gasteiger partial charge in [0.2, 0.25) is 0 Å². The van der Waals surface area contributed by atoms with Crippen molar-refractivity contribution in [2.24, 2.45) is 7.05 Å². The van der Waals surface area contributed by atoms with Crippen molar-refractivity contribution in [3.05, 3.63) is 55.7 Å². The number of aromatic nitrogens is 4. The second-order valence-electron chi connectivity index (χ2n) is 7.06. The lowest BCUT2D eigenvalue weighted by Crippen LogP contribution is -2.40. The third-order valence-electron chi connectivity index (χ3n) is 4.66. The van der Waals surface area contributed by atoms with E-state index < -0.39 is 11.8 Å². The number of aliphatic hydroxyl groups is 1. The zero-order valence-corrected chi connectivity index (χ0v) is 18.3. The summed E-state index contributed by atoms with van der Waals surface area (Å²) >= 11 is 7.56. The predicted molar refractivity (Wildman–Crippen MR) is 117 cm³/mol. The van der Waals surface area contributed by atoms with Crippen molar-refractivity contribution in [1.82, 2.24) is 18.7 Å². The van der Waals surface area contributed by atoms with Crippen molar-refractivity contribution in [2.45, 2.75) is 51.0 Å². The smallest absolute Gasteiger partial charge is 0.332 e. The van der Waals surface area contributed by atoms with Crippen LogP contribution in [0, 0.1) is 0 Å². The maximum atomic E-state index is 13.2. The maximum absolute atomic E-state index is 13.2. The van der Waals surface area contributed by atoms with Crippen LogP contribution < -0.4 is 11.2 Å². The number of benzene rings is 1. The van der Waals surface area contributed by atoms with Crippen molar-refractivity contribution < 1.29 is 5.11 Å². The fraction of sp³-hybridized carbons (Fsp3) is 0.450. The van der Waals surface area contributed by atoms with E-state index in [0.717, 1.165) is 17.7 Å². The molecule has 2 aromatic heterocycles. The molecule has 9 heteroatoms. The molecule has 29 heavy (non-hydrogen) atoms. The summed E-state index contributed by atoms with van der Waals surface area (Å²) in [4.78, 5) is 30.6. The largest absolute Gasteiger partial charge is 0.393 e. The van der Waals surface area contributed by atoms with Gasteiger partial charge in [0.15, 0.2) is 16.3 Å². The molecule has 1 N–H and O–H groups in total. The number of aryl methyl sites for hydroxylation is 1. The van der Waals surface area contributed by atoms with Crippen LogP contribution in [-0.4, -0.2) is 35.6 Å². The van der Waals surface area contributed by atoms with Gasteiger partial charge in [0, 0.05) is 24.4 Å². The highest BCUT2D eigenvalue weighted by Gasteiger charge is 2.20. The first-order chi connectivity index (χ1) is 13.8. The summed E-state index contributed by atoms with van der Waals surface area (Å²) < 4.78 is 4.47. The Morgan fingerprint density at radius 3 is 2.52 bits per heavy atom. The van der Waals surface area contributed by atoms with Gasteiger partial charge in [-0.25, -0.2) is 9.78 Å². The van der Waals surface area contributed by atoms with Crippen LogP contribution in [0.5, 0.6) is 0 Å². The Balaban J connectivity index is 2.20. The molecule has 0 saturated carbocycles. The molecule has 7 nitrogen and oxygen atoms in total. The molecule has 0 fully saturated rings. The minimum Gasteiger partial charge on any atom is -0.393 e. The molecule has 0 amide bonds. The minimum absolute atomic E-state index is 0.155. The quantitative estimate of drug-likeness (QED) is 0.549. The monoisotopic (exact) mass is 436 g/mol. The van der Waals surface area contributed by atoms with Gasteiger partial charge >= 0.3 is 5.69 Å². The predicted octanol–water partition coefficient (Wildman–Crippen LogP) is 2.87. The van der Waals surface area contributed by atoms with E-state index in [1.165, 1.54) is 9.13 Å². The van der Waals surface area contributed by atoms with E-state index in [4.69, 9.17) is 11.6 Å². The van der Waals surface area contributed by atoms with E-state index in [2.05, 4.69) is 11.9 Å². The molecule has 1 aromatic carbocycles. The van der Waals surface area contributed by atoms with Crippen LogP contribution >= 0.6 is 23.4 Å². The lowest BCUT2D eigenvalue weighted by molar-refractivity contribution is 0.177. The Labute approximate surface area is 177 Å². The number of nitrogens with zero attached hydrogens (tertiary/aromatic N) is 4. The summed E-state index contributed by atoms with van der Waals surface area (Å²) in [5.41, 5.74) is 0.947. The van der Waals surface area contributed by atoms with E-state index in [-0.39, 0.29) is 12.1 Å². The third kappa shape index (κ3) is 4.60. The second-order valence-corrected chi connectivity index (χ2v) is 8.56. The van der Waals surface area contributed by atoms with Crippen LogP contribution in [0.15, 0.2) is 39.0 Å². The number of hydrogen-bond donors (Lipinski definition) is 1. The van der Waals surface area contributed by atoms with Gasteiger partial charge in [-0.1, -0.05) is 42.4 Å². The molecular weight excluding hydrogens is 412 g/mol. The van der Waals surface area contributed by atoms with Crippen LogP contribution in [0.2, 0.25) is 5.02 Å². The molecule has 0 saturated heterocycles. The summed E-state index contributed by atoms with van der Waals surface area (Å²) in [5.74, 6) is 0.855. The van der Waals surface area contributed by atoms with E-state index >= 15 is 0 Å². The van der Waals surface area contributed by atoms with Gasteiger partial charge in [-0.15, -0.1) is 0 Å². The fourth-order valence-corrected chi connectivity index (χ4v) is 4.06. The van der Waals surface area contributed by atoms with Crippen molar-refractivity contribution >= 4 is 34.5 Å². The molecule has 0 aliphatic carbocycles. The van der Waals surface area contributed by atoms with Crippen LogP contribution in [0.3, 0.4) is 0 Å². The first kappa shape index (κ1) is 21.7. The Kier molecular flexibility index (Phi) is 6.87. The average Bonchev–Trinajstić information content (AvgIpc) is 3.04. The van der Waals surface area contributed by atoms with Crippen molar-refractivity contribution in [3.8, 4) is 0 Å². The van der Waals surface area contributed by atoms with Gasteiger partial charge in [0.05, 0.1) is 12.6 Å². The van der Waals surface area contributed by atoms with Gasteiger partial charge in [-0.3, -0.25) is 13.9 Å². The van der Waals surface area contributed by atoms with E-state index in [0.29, 0.717) is 34.3 Å². The average molecular weight is 437 g/mol. The number of imidazole rings is 1. The summed E-state index contributed by atoms with van der Waals surface area (Å²) in [6, 6.07) is 7.45. The summed E-state index contributed by atoms with van der Waals surface area (Å²) in [6.07, 6.45) is 0.687. The van der Waals surface area contributed by atoms with Crippen LogP contribution in [0.4, 0.5) is 0 Å². The zero-order valence-electron chi connectivity index (χ0n) is 16.8. The Morgan fingerprint density at radius 1 is 1.21 bits per heavy atom. The van der Waals surface area contributed by atoms with Gasteiger partial charge in [0.1, 0.15) is 0 Å². The van der Waals surface area contributed by atoms with Gasteiger partial charge in [0.25, 0.3) is 5.56 Å². The molecule has 3 rings (SSSR count). The van der Waals surface area contributed by atoms with Gasteiger partial charge in [-0.05, 0) is 37.5 Å². The molecule has 0 bridgehead atoms. The number of thioether (sulfide) groups is 1. The summed E-state index contributed by atoms with van der Waals surface area (Å²) in [5, 5.41) is 10.9. The highest BCUT2D eigenvalue weighted by molar-refractivity contribution is 7.99. The third-order valence-corrected chi connectivity index (χ3v) is 6.09. The van der Waals surface area contributed by atoms with Crippen molar-refractivity contribution in [1.29, 1.82) is 0 Å².